The van der Waals surface area contributed by atoms with Gasteiger partial charge in [-0.3, -0.25) is 14.4 Å². The number of carbonyl (C=O) groups is 3. The second-order valence-electron chi connectivity index (χ2n) is 4.55. The van der Waals surface area contributed by atoms with Crippen LogP contribution in [0.4, 0.5) is 0 Å². The topological polar surface area (TPSA) is 112 Å². The minimum atomic E-state index is -1.07. The van der Waals surface area contributed by atoms with E-state index in [1.807, 2.05) is 0 Å². The lowest BCUT2D eigenvalue weighted by molar-refractivity contribution is -0.148. The first kappa shape index (κ1) is 10.9. The first-order valence-electron chi connectivity index (χ1n) is 5.12. The molecule has 2 aliphatic rings. The zero-order chi connectivity index (χ0) is 12.0. The molecule has 4 unspecified atom stereocenters. The van der Waals surface area contributed by atoms with Crippen LogP contribution in [0.25, 0.3) is 0 Å². The van der Waals surface area contributed by atoms with Crippen molar-refractivity contribution in [3.8, 4) is 0 Å². The number of aliphatic carboxylic acids is 3. The normalized spacial score (nSPS) is 40.9. The molecule has 16 heavy (non-hydrogen) atoms. The van der Waals surface area contributed by atoms with Crippen LogP contribution in [0.3, 0.4) is 0 Å². The number of carboxylic acids is 3. The third-order valence-electron chi connectivity index (χ3n) is 3.93. The molecule has 2 fully saturated rings. The summed E-state index contributed by atoms with van der Waals surface area (Å²) in [5.41, 5.74) is 0. The highest BCUT2D eigenvalue weighted by molar-refractivity contribution is 5.80. The van der Waals surface area contributed by atoms with Gasteiger partial charge in [-0.15, -0.1) is 0 Å². The van der Waals surface area contributed by atoms with Crippen molar-refractivity contribution in [3.05, 3.63) is 0 Å². The van der Waals surface area contributed by atoms with Crippen LogP contribution in [0.15, 0.2) is 0 Å². The average Bonchev–Trinajstić information content (AvgIpc) is 2.70. The van der Waals surface area contributed by atoms with Crippen molar-refractivity contribution in [1.29, 1.82) is 0 Å². The number of rotatable bonds is 3. The Hall–Kier alpha value is -1.59. The predicted molar refractivity (Wildman–Crippen MR) is 49.6 cm³/mol. The summed E-state index contributed by atoms with van der Waals surface area (Å²) < 4.78 is 0. The fraction of sp³-hybridized carbons (Fsp3) is 0.700. The van der Waals surface area contributed by atoms with Crippen molar-refractivity contribution in [1.82, 2.24) is 0 Å². The van der Waals surface area contributed by atoms with Gasteiger partial charge in [0.1, 0.15) is 0 Å². The Morgan fingerprint density at radius 2 is 1.12 bits per heavy atom. The summed E-state index contributed by atoms with van der Waals surface area (Å²) in [6, 6.07) is 0. The maximum Gasteiger partial charge on any atom is 0.307 e. The van der Waals surface area contributed by atoms with Gasteiger partial charge in [0, 0.05) is 0 Å². The first-order valence-corrected chi connectivity index (χ1v) is 5.12. The lowest BCUT2D eigenvalue weighted by atomic mass is 9.82. The van der Waals surface area contributed by atoms with E-state index in [1.54, 1.807) is 0 Å². The van der Waals surface area contributed by atoms with Crippen LogP contribution in [0.2, 0.25) is 0 Å². The van der Waals surface area contributed by atoms with Crippen molar-refractivity contribution in [3.63, 3.8) is 0 Å². The SMILES string of the molecule is O=C(O)C1CC2C(C(=O)O)CC1C2C(=O)O. The maximum atomic E-state index is 11.0. The lowest BCUT2D eigenvalue weighted by Crippen LogP contribution is -2.28. The summed E-state index contributed by atoms with van der Waals surface area (Å²) in [6.45, 7) is 0. The van der Waals surface area contributed by atoms with E-state index in [-0.39, 0.29) is 12.8 Å². The van der Waals surface area contributed by atoms with Gasteiger partial charge in [-0.1, -0.05) is 0 Å². The molecule has 6 nitrogen and oxygen atoms in total. The summed E-state index contributed by atoms with van der Waals surface area (Å²) in [7, 11) is 0. The van der Waals surface area contributed by atoms with Gasteiger partial charge >= 0.3 is 17.9 Å². The summed E-state index contributed by atoms with van der Waals surface area (Å²) in [4.78, 5) is 32.8. The highest BCUT2D eigenvalue weighted by Gasteiger charge is 2.60. The highest BCUT2D eigenvalue weighted by atomic mass is 16.4. The number of fused-ring (bicyclic) bond motifs is 2. The van der Waals surface area contributed by atoms with Crippen LogP contribution < -0.4 is 0 Å². The average molecular weight is 228 g/mol. The molecule has 2 saturated carbocycles. The molecule has 0 saturated heterocycles. The molecule has 0 heterocycles. The first-order chi connectivity index (χ1) is 7.43. The molecule has 0 spiro atoms. The fourth-order valence-corrected chi connectivity index (χ4v) is 3.31. The van der Waals surface area contributed by atoms with Gasteiger partial charge in [0.2, 0.25) is 0 Å². The molecule has 2 rings (SSSR count). The van der Waals surface area contributed by atoms with E-state index in [1.165, 1.54) is 0 Å². The van der Waals surface area contributed by atoms with Gasteiger partial charge in [-0.25, -0.2) is 0 Å². The van der Waals surface area contributed by atoms with Crippen LogP contribution in [0, 0.1) is 29.6 Å². The molecule has 2 aliphatic carbocycles. The van der Waals surface area contributed by atoms with Crippen LogP contribution in [-0.2, 0) is 14.4 Å². The van der Waals surface area contributed by atoms with Gasteiger partial charge in [0.25, 0.3) is 0 Å². The van der Waals surface area contributed by atoms with Crippen LogP contribution in [0.1, 0.15) is 12.8 Å². The van der Waals surface area contributed by atoms with Crippen molar-refractivity contribution >= 4 is 17.9 Å². The Morgan fingerprint density at radius 1 is 0.750 bits per heavy atom. The number of carboxylic acid groups (broad SMARTS) is 3. The van der Waals surface area contributed by atoms with Crippen LogP contribution >= 0.6 is 0 Å². The quantitative estimate of drug-likeness (QED) is 0.632. The van der Waals surface area contributed by atoms with E-state index in [2.05, 4.69) is 0 Å². The van der Waals surface area contributed by atoms with Crippen LogP contribution in [-0.4, -0.2) is 33.2 Å². The molecule has 88 valence electrons. The molecule has 0 aromatic rings. The zero-order valence-electron chi connectivity index (χ0n) is 8.37. The molecule has 0 amide bonds. The van der Waals surface area contributed by atoms with Gasteiger partial charge in [0.15, 0.2) is 0 Å². The Labute approximate surface area is 90.9 Å². The van der Waals surface area contributed by atoms with Gasteiger partial charge in [-0.05, 0) is 24.7 Å². The molecule has 0 radical (unpaired) electrons. The maximum absolute atomic E-state index is 11.0. The molecule has 2 bridgehead atoms. The smallest absolute Gasteiger partial charge is 0.307 e. The monoisotopic (exact) mass is 228 g/mol. The number of hydrogen-bond donors (Lipinski definition) is 3. The summed E-state index contributed by atoms with van der Waals surface area (Å²) >= 11 is 0. The third kappa shape index (κ3) is 1.36. The molecule has 6 heteroatoms. The molecule has 0 aromatic heterocycles. The van der Waals surface area contributed by atoms with E-state index >= 15 is 0 Å². The van der Waals surface area contributed by atoms with Gasteiger partial charge in [0.05, 0.1) is 17.8 Å². The van der Waals surface area contributed by atoms with Crippen LogP contribution in [0.5, 0.6) is 0 Å². The molecular weight excluding hydrogens is 216 g/mol. The van der Waals surface area contributed by atoms with E-state index in [0.29, 0.717) is 0 Å². The fourth-order valence-electron chi connectivity index (χ4n) is 3.31. The van der Waals surface area contributed by atoms with Gasteiger partial charge < -0.3 is 15.3 Å². The van der Waals surface area contributed by atoms with E-state index in [9.17, 15) is 14.4 Å². The van der Waals surface area contributed by atoms with E-state index < -0.39 is 47.5 Å². The number of hydrogen-bond acceptors (Lipinski definition) is 3. The zero-order valence-corrected chi connectivity index (χ0v) is 8.37. The second-order valence-corrected chi connectivity index (χ2v) is 4.55. The molecule has 0 aromatic carbocycles. The van der Waals surface area contributed by atoms with Crippen molar-refractivity contribution in [2.45, 2.75) is 12.8 Å². The Bertz CT molecular complexity index is 334. The largest absolute Gasteiger partial charge is 0.481 e. The van der Waals surface area contributed by atoms with Gasteiger partial charge in [-0.2, -0.15) is 0 Å². The Kier molecular flexibility index (Phi) is 2.36. The lowest BCUT2D eigenvalue weighted by Gasteiger charge is -2.21. The standard InChI is InChI=1S/C10H12O6/c11-8(12)5-1-3-6(9(13)14)2-4(5)7(3)10(15)16/h3-7H,1-2H2,(H,11,12)(H,13,14)(H,15,16). The van der Waals surface area contributed by atoms with Crippen molar-refractivity contribution < 1.29 is 29.7 Å². The molecule has 4 atom stereocenters. The predicted octanol–water partition coefficient (Wildman–Crippen LogP) is 0.129. The minimum Gasteiger partial charge on any atom is -0.481 e. The summed E-state index contributed by atoms with van der Waals surface area (Å²) in [5.74, 6) is -6.33. The van der Waals surface area contributed by atoms with Crippen molar-refractivity contribution in [2.24, 2.45) is 29.6 Å². The summed E-state index contributed by atoms with van der Waals surface area (Å²) in [6.07, 6.45) is 0.349. The molecule has 3 N–H and O–H groups in total. The van der Waals surface area contributed by atoms with E-state index in [0.717, 1.165) is 0 Å². The third-order valence-corrected chi connectivity index (χ3v) is 3.93. The Balaban J connectivity index is 2.26. The highest BCUT2D eigenvalue weighted by Crippen LogP contribution is 2.55. The molecular formula is C10H12O6. The minimum absolute atomic E-state index is 0.175. The van der Waals surface area contributed by atoms with E-state index in [4.69, 9.17) is 15.3 Å². The summed E-state index contributed by atoms with van der Waals surface area (Å²) in [5, 5.41) is 26.8. The van der Waals surface area contributed by atoms with Crippen molar-refractivity contribution in [2.75, 3.05) is 0 Å². The molecule has 0 aliphatic heterocycles. The second kappa shape index (κ2) is 3.47. The Morgan fingerprint density at radius 3 is 1.38 bits per heavy atom.